The van der Waals surface area contributed by atoms with Crippen LogP contribution in [-0.2, 0) is 32.6 Å². The zero-order chi connectivity index (χ0) is 29.3. The van der Waals surface area contributed by atoms with E-state index in [4.69, 9.17) is 16.3 Å². The molecule has 214 valence electrons. The Balaban J connectivity index is 2.03. The van der Waals surface area contributed by atoms with Gasteiger partial charge in [-0.05, 0) is 53.4 Å². The van der Waals surface area contributed by atoms with Crippen molar-refractivity contribution in [2.75, 3.05) is 30.8 Å². The Kier molecular flexibility index (Phi) is 11.0. The summed E-state index contributed by atoms with van der Waals surface area (Å²) >= 11 is 6.08. The van der Waals surface area contributed by atoms with Crippen molar-refractivity contribution in [3.63, 3.8) is 0 Å². The number of methoxy groups -OCH3 is 1. The highest BCUT2D eigenvalue weighted by atomic mass is 35.5. The molecular formula is C30H36ClN3O5S. The fraction of sp³-hybridized carbons (Fsp3) is 0.333. The number of amides is 2. The van der Waals surface area contributed by atoms with E-state index in [1.807, 2.05) is 44.2 Å². The molecule has 0 aliphatic heterocycles. The van der Waals surface area contributed by atoms with Gasteiger partial charge >= 0.3 is 0 Å². The predicted molar refractivity (Wildman–Crippen MR) is 159 cm³/mol. The molecule has 3 aromatic carbocycles. The Morgan fingerprint density at radius 2 is 1.55 bits per heavy atom. The van der Waals surface area contributed by atoms with E-state index in [1.54, 1.807) is 48.5 Å². The molecule has 0 unspecified atom stereocenters. The number of carbonyl (C=O) groups is 2. The third-order valence-electron chi connectivity index (χ3n) is 6.26. The van der Waals surface area contributed by atoms with Gasteiger partial charge in [0.1, 0.15) is 18.3 Å². The van der Waals surface area contributed by atoms with Gasteiger partial charge in [0.2, 0.25) is 21.8 Å². The zero-order valence-corrected chi connectivity index (χ0v) is 24.8. The predicted octanol–water partition coefficient (Wildman–Crippen LogP) is 4.53. The van der Waals surface area contributed by atoms with Gasteiger partial charge in [0.05, 0.1) is 19.1 Å². The fourth-order valence-electron chi connectivity index (χ4n) is 4.13. The third-order valence-corrected chi connectivity index (χ3v) is 7.65. The second kappa shape index (κ2) is 14.2. The number of hydrogen-bond acceptors (Lipinski definition) is 5. The largest absolute Gasteiger partial charge is 0.497 e. The van der Waals surface area contributed by atoms with Crippen molar-refractivity contribution < 1.29 is 22.7 Å². The summed E-state index contributed by atoms with van der Waals surface area (Å²) in [5.74, 6) is -0.0674. The van der Waals surface area contributed by atoms with Crippen molar-refractivity contribution in [1.29, 1.82) is 0 Å². The number of nitrogens with one attached hydrogen (secondary N) is 1. The molecule has 0 spiro atoms. The first-order valence-corrected chi connectivity index (χ1v) is 15.2. The molecule has 0 saturated heterocycles. The lowest BCUT2D eigenvalue weighted by atomic mass is 10.0. The number of sulfonamides is 1. The summed E-state index contributed by atoms with van der Waals surface area (Å²) in [6, 6.07) is 21.9. The minimum atomic E-state index is -3.84. The van der Waals surface area contributed by atoms with Crippen molar-refractivity contribution in [1.82, 2.24) is 10.2 Å². The van der Waals surface area contributed by atoms with Crippen molar-refractivity contribution in [3.05, 3.63) is 95.0 Å². The van der Waals surface area contributed by atoms with Gasteiger partial charge in [0, 0.05) is 24.5 Å². The summed E-state index contributed by atoms with van der Waals surface area (Å²) < 4.78 is 31.9. The quantitative estimate of drug-likeness (QED) is 0.318. The maximum atomic E-state index is 14.0. The van der Waals surface area contributed by atoms with E-state index in [2.05, 4.69) is 5.32 Å². The lowest BCUT2D eigenvalue weighted by molar-refractivity contribution is -0.140. The average molecular weight is 586 g/mol. The summed E-state index contributed by atoms with van der Waals surface area (Å²) in [5.41, 5.74) is 1.94. The number of anilines is 1. The van der Waals surface area contributed by atoms with Crippen molar-refractivity contribution in [3.8, 4) is 5.75 Å². The molecule has 0 radical (unpaired) electrons. The van der Waals surface area contributed by atoms with E-state index in [1.165, 1.54) is 12.0 Å². The zero-order valence-electron chi connectivity index (χ0n) is 23.2. The molecule has 0 saturated carbocycles. The summed E-state index contributed by atoms with van der Waals surface area (Å²) in [4.78, 5) is 29.1. The lowest BCUT2D eigenvalue weighted by Crippen LogP contribution is -2.53. The summed E-state index contributed by atoms with van der Waals surface area (Å²) in [6.45, 7) is 4.02. The molecule has 8 nitrogen and oxygen atoms in total. The van der Waals surface area contributed by atoms with Crippen LogP contribution in [0.4, 0.5) is 5.69 Å². The topological polar surface area (TPSA) is 96.0 Å². The highest BCUT2D eigenvalue weighted by Crippen LogP contribution is 2.23. The van der Waals surface area contributed by atoms with Gasteiger partial charge in [0.15, 0.2) is 0 Å². The Morgan fingerprint density at radius 3 is 2.10 bits per heavy atom. The molecule has 3 aromatic rings. The van der Waals surface area contributed by atoms with Crippen LogP contribution in [0.2, 0.25) is 5.02 Å². The summed E-state index contributed by atoms with van der Waals surface area (Å²) in [6.07, 6.45) is 1.30. The maximum Gasteiger partial charge on any atom is 0.244 e. The minimum absolute atomic E-state index is 0.0861. The lowest BCUT2D eigenvalue weighted by Gasteiger charge is -2.33. The standard InChI is InChI=1S/C30H36ClN3O5S/c1-22(2)19-32-30(36)28(18-23-8-6-5-7-9-23)33(20-24-10-12-25(31)13-11-24)29(35)21-34(40(4,37)38)26-14-16-27(39-3)17-15-26/h5-17,22,28H,18-21H2,1-4H3,(H,32,36)/t28-/m0/s1. The molecule has 10 heteroatoms. The van der Waals surface area contributed by atoms with Crippen molar-refractivity contribution >= 4 is 39.1 Å². The molecule has 0 bridgehead atoms. The molecule has 2 amide bonds. The van der Waals surface area contributed by atoms with Crippen LogP contribution in [0.3, 0.4) is 0 Å². The minimum Gasteiger partial charge on any atom is -0.497 e. The number of benzene rings is 3. The van der Waals surface area contributed by atoms with Gasteiger partial charge in [0.25, 0.3) is 0 Å². The first-order valence-electron chi connectivity index (χ1n) is 12.9. The molecule has 1 N–H and O–H groups in total. The van der Waals surface area contributed by atoms with Crippen molar-refractivity contribution in [2.24, 2.45) is 5.92 Å². The van der Waals surface area contributed by atoms with Crippen LogP contribution in [0.25, 0.3) is 0 Å². The second-order valence-corrected chi connectivity index (χ2v) is 12.3. The number of hydrogen-bond donors (Lipinski definition) is 1. The third kappa shape index (κ3) is 8.99. The molecule has 3 rings (SSSR count). The van der Waals surface area contributed by atoms with Gasteiger partial charge in [-0.1, -0.05) is 67.9 Å². The first kappa shape index (κ1) is 31.0. The van der Waals surface area contributed by atoms with Crippen LogP contribution < -0.4 is 14.4 Å². The molecule has 40 heavy (non-hydrogen) atoms. The number of ether oxygens (including phenoxy) is 1. The Morgan fingerprint density at radius 1 is 0.925 bits per heavy atom. The summed E-state index contributed by atoms with van der Waals surface area (Å²) in [7, 11) is -2.33. The van der Waals surface area contributed by atoms with Crippen LogP contribution >= 0.6 is 11.6 Å². The molecule has 0 aliphatic rings. The van der Waals surface area contributed by atoms with E-state index < -0.39 is 28.5 Å². The first-order chi connectivity index (χ1) is 19.0. The number of carbonyl (C=O) groups excluding carboxylic acids is 2. The van der Waals surface area contributed by atoms with E-state index in [0.717, 1.165) is 21.7 Å². The smallest absolute Gasteiger partial charge is 0.244 e. The van der Waals surface area contributed by atoms with E-state index in [0.29, 0.717) is 23.0 Å². The fourth-order valence-corrected chi connectivity index (χ4v) is 5.10. The van der Waals surface area contributed by atoms with Crippen LogP contribution in [0, 0.1) is 5.92 Å². The van der Waals surface area contributed by atoms with Crippen LogP contribution in [0.5, 0.6) is 5.75 Å². The number of rotatable bonds is 13. The van der Waals surface area contributed by atoms with Gasteiger partial charge in [-0.2, -0.15) is 0 Å². The van der Waals surface area contributed by atoms with Gasteiger partial charge in [-0.25, -0.2) is 8.42 Å². The molecule has 0 heterocycles. The number of nitrogens with zero attached hydrogens (tertiary/aromatic N) is 2. The maximum absolute atomic E-state index is 14.0. The SMILES string of the molecule is COc1ccc(N(CC(=O)N(Cc2ccc(Cl)cc2)[C@@H](Cc2ccccc2)C(=O)NCC(C)C)S(C)(=O)=O)cc1. The Bertz CT molecular complexity index is 1360. The molecule has 0 fully saturated rings. The van der Waals surface area contributed by atoms with Crippen molar-refractivity contribution in [2.45, 2.75) is 32.9 Å². The highest BCUT2D eigenvalue weighted by molar-refractivity contribution is 7.92. The second-order valence-electron chi connectivity index (χ2n) is 9.96. The molecule has 0 aliphatic carbocycles. The van der Waals surface area contributed by atoms with Gasteiger partial charge < -0.3 is 15.0 Å². The molecule has 0 aromatic heterocycles. The van der Waals surface area contributed by atoms with Crippen LogP contribution in [0.15, 0.2) is 78.9 Å². The van der Waals surface area contributed by atoms with E-state index >= 15 is 0 Å². The summed E-state index contributed by atoms with van der Waals surface area (Å²) in [5, 5.41) is 3.50. The van der Waals surface area contributed by atoms with Crippen LogP contribution in [-0.4, -0.2) is 57.6 Å². The number of halogens is 1. The van der Waals surface area contributed by atoms with Gasteiger partial charge in [-0.3, -0.25) is 13.9 Å². The molecule has 1 atom stereocenters. The monoisotopic (exact) mass is 585 g/mol. The van der Waals surface area contributed by atoms with Crippen LogP contribution in [0.1, 0.15) is 25.0 Å². The average Bonchev–Trinajstić information content (AvgIpc) is 2.93. The normalized spacial score (nSPS) is 12.1. The van der Waals surface area contributed by atoms with E-state index in [-0.39, 0.29) is 24.8 Å². The Hall–Kier alpha value is -3.56. The molecular weight excluding hydrogens is 550 g/mol. The van der Waals surface area contributed by atoms with E-state index in [9.17, 15) is 18.0 Å². The van der Waals surface area contributed by atoms with Gasteiger partial charge in [-0.15, -0.1) is 0 Å². The Labute approximate surface area is 241 Å². The highest BCUT2D eigenvalue weighted by Gasteiger charge is 2.33.